The van der Waals surface area contributed by atoms with E-state index in [1.54, 1.807) is 0 Å². The van der Waals surface area contributed by atoms with Crippen molar-refractivity contribution in [2.75, 3.05) is 0 Å². The average Bonchev–Trinajstić information content (AvgIpc) is 2.31. The summed E-state index contributed by atoms with van der Waals surface area (Å²) in [6.07, 6.45) is 0. The van der Waals surface area contributed by atoms with E-state index in [-0.39, 0.29) is 0 Å². The molecule has 0 radical (unpaired) electrons. The molecule has 0 unspecified atom stereocenters. The van der Waals surface area contributed by atoms with E-state index in [1.807, 2.05) is 31.3 Å². The van der Waals surface area contributed by atoms with Crippen molar-refractivity contribution in [2.45, 2.75) is 0 Å². The third kappa shape index (κ3) is 1.16. The van der Waals surface area contributed by atoms with Crippen molar-refractivity contribution < 1.29 is 0 Å². The van der Waals surface area contributed by atoms with Gasteiger partial charge in [-0.2, -0.15) is 0 Å². The molecular weight excluding hydrogens is 196 g/mol. The van der Waals surface area contributed by atoms with Crippen LogP contribution in [0.25, 0.3) is 22.2 Å². The van der Waals surface area contributed by atoms with Crippen molar-refractivity contribution in [2.24, 2.45) is 7.05 Å². The number of nitrogens with zero attached hydrogens (tertiary/aromatic N) is 1. The minimum atomic E-state index is 0.582. The molecule has 2 aliphatic rings. The predicted molar refractivity (Wildman–Crippen MR) is 65.4 cm³/mol. The van der Waals surface area contributed by atoms with Gasteiger partial charge < -0.3 is 9.98 Å². The second-order valence-corrected chi connectivity index (χ2v) is 4.00. The van der Waals surface area contributed by atoms with Gasteiger partial charge in [0.25, 0.3) is 0 Å². The first-order valence-electron chi connectivity index (χ1n) is 5.29. The van der Waals surface area contributed by atoms with Crippen LogP contribution in [-0.4, -0.2) is 4.57 Å². The van der Waals surface area contributed by atoms with Crippen molar-refractivity contribution in [1.82, 2.24) is 4.57 Å². The molecule has 1 aliphatic carbocycles. The van der Waals surface area contributed by atoms with Crippen LogP contribution >= 0.6 is 0 Å². The molecule has 0 spiro atoms. The molecule has 1 aliphatic heterocycles. The zero-order valence-corrected chi connectivity index (χ0v) is 9.07. The third-order valence-corrected chi connectivity index (χ3v) is 3.04. The van der Waals surface area contributed by atoms with Crippen molar-refractivity contribution in [3.63, 3.8) is 0 Å². The van der Waals surface area contributed by atoms with Crippen LogP contribution in [0.2, 0.25) is 0 Å². The number of aryl methyl sites for hydroxylation is 1. The van der Waals surface area contributed by atoms with Gasteiger partial charge in [-0.15, -0.1) is 0 Å². The maximum absolute atomic E-state index is 7.92. The van der Waals surface area contributed by atoms with Gasteiger partial charge in [0.15, 0.2) is 0 Å². The van der Waals surface area contributed by atoms with Gasteiger partial charge in [0.1, 0.15) is 0 Å². The van der Waals surface area contributed by atoms with E-state index >= 15 is 0 Å². The largest absolute Gasteiger partial charge is 0.344 e. The number of rotatable bonds is 0. The summed E-state index contributed by atoms with van der Waals surface area (Å²) in [4.78, 5) is 0. The summed E-state index contributed by atoms with van der Waals surface area (Å²) in [5.74, 6) is 0. The number of hydrogen-bond donors (Lipinski definition) is 1. The fourth-order valence-corrected chi connectivity index (χ4v) is 2.20. The van der Waals surface area contributed by atoms with Gasteiger partial charge >= 0.3 is 0 Å². The van der Waals surface area contributed by atoms with Crippen LogP contribution in [0.5, 0.6) is 0 Å². The molecule has 0 atom stereocenters. The van der Waals surface area contributed by atoms with Crippen molar-refractivity contribution in [3.8, 4) is 11.3 Å². The number of para-hydroxylation sites is 1. The van der Waals surface area contributed by atoms with Gasteiger partial charge in [-0.3, -0.25) is 0 Å². The monoisotopic (exact) mass is 208 g/mol. The zero-order chi connectivity index (χ0) is 11.1. The van der Waals surface area contributed by atoms with E-state index in [0.29, 0.717) is 5.36 Å². The number of nitrogens with one attached hydrogen (secondary N) is 1. The summed E-state index contributed by atoms with van der Waals surface area (Å²) in [6, 6.07) is 16.2. The van der Waals surface area contributed by atoms with Crippen LogP contribution in [0.3, 0.4) is 0 Å². The van der Waals surface area contributed by atoms with Gasteiger partial charge in [-0.1, -0.05) is 24.3 Å². The predicted octanol–water partition coefficient (Wildman–Crippen LogP) is 2.76. The maximum atomic E-state index is 7.92. The van der Waals surface area contributed by atoms with Crippen molar-refractivity contribution in [1.29, 1.82) is 5.41 Å². The number of fused-ring (bicyclic) bond motifs is 2. The lowest BCUT2D eigenvalue weighted by Crippen LogP contribution is -2.09. The molecule has 0 bridgehead atoms. The molecule has 0 amide bonds. The molecule has 0 saturated heterocycles. The fourth-order valence-electron chi connectivity index (χ4n) is 2.20. The van der Waals surface area contributed by atoms with E-state index in [2.05, 4.69) is 28.8 Å². The zero-order valence-electron chi connectivity index (χ0n) is 9.07. The first kappa shape index (κ1) is 9.16. The van der Waals surface area contributed by atoms with Crippen LogP contribution in [0, 0.1) is 5.41 Å². The van der Waals surface area contributed by atoms with Crippen LogP contribution in [0.4, 0.5) is 0 Å². The Hall–Kier alpha value is -2.09. The Morgan fingerprint density at radius 3 is 2.69 bits per heavy atom. The Bertz CT molecular complexity index is 695. The smallest absolute Gasteiger partial charge is 0.0633 e. The summed E-state index contributed by atoms with van der Waals surface area (Å²) in [5, 5.41) is 9.68. The first-order valence-corrected chi connectivity index (χ1v) is 5.29. The molecule has 3 rings (SSSR count). The molecule has 16 heavy (non-hydrogen) atoms. The highest BCUT2D eigenvalue weighted by Crippen LogP contribution is 2.24. The molecule has 1 heterocycles. The van der Waals surface area contributed by atoms with Crippen LogP contribution in [-0.2, 0) is 7.05 Å². The fraction of sp³-hybridized carbons (Fsp3) is 0.0714. The van der Waals surface area contributed by atoms with E-state index in [9.17, 15) is 0 Å². The Balaban J connectivity index is 2.61. The summed E-state index contributed by atoms with van der Waals surface area (Å²) in [6.45, 7) is 0. The van der Waals surface area contributed by atoms with Crippen LogP contribution in [0.15, 0.2) is 48.5 Å². The number of pyridine rings is 1. The van der Waals surface area contributed by atoms with Gasteiger partial charge in [-0.05, 0) is 29.7 Å². The van der Waals surface area contributed by atoms with E-state index in [1.165, 1.54) is 10.9 Å². The van der Waals surface area contributed by atoms with Gasteiger partial charge in [0.2, 0.25) is 0 Å². The summed E-state index contributed by atoms with van der Waals surface area (Å²) in [7, 11) is 2.05. The topological polar surface area (TPSA) is 28.8 Å². The minimum absolute atomic E-state index is 0.582. The highest BCUT2D eigenvalue weighted by Gasteiger charge is 2.08. The lowest BCUT2D eigenvalue weighted by molar-refractivity contribution is 0.956. The summed E-state index contributed by atoms with van der Waals surface area (Å²) < 4.78 is 2.14. The Labute approximate surface area is 93.6 Å². The second-order valence-electron chi connectivity index (χ2n) is 4.00. The molecule has 1 aromatic rings. The molecule has 1 N–H and O–H groups in total. The Morgan fingerprint density at radius 1 is 1.00 bits per heavy atom. The van der Waals surface area contributed by atoms with Crippen molar-refractivity contribution in [3.05, 3.63) is 53.9 Å². The standard InChI is InChI=1S/C14H12N2/c1-16-13-7-3-2-5-10(13)9-11-12(15)6-4-8-14(11)16/h2-9,15H,1H3. The SMILES string of the molecule is Cn1c2cccc(=N)c-2cc2ccccc21. The van der Waals surface area contributed by atoms with E-state index in [4.69, 9.17) is 5.41 Å². The molecule has 0 fully saturated rings. The van der Waals surface area contributed by atoms with Gasteiger partial charge in [-0.25, -0.2) is 0 Å². The minimum Gasteiger partial charge on any atom is -0.344 e. The number of benzene rings is 2. The molecule has 0 aromatic heterocycles. The molecule has 0 saturated carbocycles. The third-order valence-electron chi connectivity index (χ3n) is 3.04. The number of aromatic nitrogens is 1. The molecule has 2 nitrogen and oxygen atoms in total. The molecule has 1 aromatic carbocycles. The average molecular weight is 208 g/mol. The molecule has 2 heteroatoms. The Kier molecular flexibility index (Phi) is 1.83. The quantitative estimate of drug-likeness (QED) is 0.550. The van der Waals surface area contributed by atoms with Crippen LogP contribution in [0.1, 0.15) is 0 Å². The van der Waals surface area contributed by atoms with Gasteiger partial charge in [0, 0.05) is 18.1 Å². The second kappa shape index (κ2) is 3.20. The molecular formula is C14H12N2. The lowest BCUT2D eigenvalue weighted by Gasteiger charge is -2.15. The number of hydrogen-bond acceptors (Lipinski definition) is 1. The summed E-state index contributed by atoms with van der Waals surface area (Å²) in [5.41, 5.74) is 3.30. The summed E-state index contributed by atoms with van der Waals surface area (Å²) >= 11 is 0. The highest BCUT2D eigenvalue weighted by atomic mass is 14.9. The maximum Gasteiger partial charge on any atom is 0.0633 e. The van der Waals surface area contributed by atoms with Gasteiger partial charge in [0.05, 0.1) is 11.1 Å². The van der Waals surface area contributed by atoms with Crippen LogP contribution < -0.4 is 5.36 Å². The molecule has 78 valence electrons. The Morgan fingerprint density at radius 2 is 1.81 bits per heavy atom. The van der Waals surface area contributed by atoms with E-state index < -0.39 is 0 Å². The lowest BCUT2D eigenvalue weighted by atomic mass is 10.0. The highest BCUT2D eigenvalue weighted by molar-refractivity contribution is 5.86. The normalized spacial score (nSPS) is 11.1. The van der Waals surface area contributed by atoms with Crippen molar-refractivity contribution >= 4 is 10.9 Å². The first-order chi connectivity index (χ1) is 7.77. The van der Waals surface area contributed by atoms with E-state index in [0.717, 1.165) is 11.3 Å².